The molecule has 2 fully saturated rings. The molecule has 1 aromatic carbocycles. The molecule has 0 unspecified atom stereocenters. The van der Waals surface area contributed by atoms with E-state index in [1.807, 2.05) is 17.0 Å². The van der Waals surface area contributed by atoms with Crippen molar-refractivity contribution in [2.45, 2.75) is 38.3 Å². The fourth-order valence-corrected chi connectivity index (χ4v) is 4.04. The van der Waals surface area contributed by atoms with E-state index in [4.69, 9.17) is 4.74 Å². The van der Waals surface area contributed by atoms with E-state index in [1.165, 1.54) is 0 Å². The highest BCUT2D eigenvalue weighted by Crippen LogP contribution is 2.26. The molecule has 1 aromatic rings. The first-order chi connectivity index (χ1) is 12.0. The monoisotopic (exact) mass is 408 g/mol. The van der Waals surface area contributed by atoms with Crippen molar-refractivity contribution in [1.29, 1.82) is 0 Å². The van der Waals surface area contributed by atoms with Crippen LogP contribution < -0.4 is 0 Å². The second-order valence-electron chi connectivity index (χ2n) is 6.99. The van der Waals surface area contributed by atoms with E-state index in [0.717, 1.165) is 30.3 Å². The quantitative estimate of drug-likeness (QED) is 0.772. The maximum atomic E-state index is 13.0. The highest BCUT2D eigenvalue weighted by Gasteiger charge is 2.39. The Labute approximate surface area is 157 Å². The van der Waals surface area contributed by atoms with Crippen molar-refractivity contribution in [3.63, 3.8) is 0 Å². The van der Waals surface area contributed by atoms with E-state index in [1.54, 1.807) is 24.1 Å². The van der Waals surface area contributed by atoms with Crippen molar-refractivity contribution in [2.24, 2.45) is 5.92 Å². The zero-order valence-electron chi connectivity index (χ0n) is 14.8. The van der Waals surface area contributed by atoms with E-state index in [9.17, 15) is 9.59 Å². The molecule has 0 spiro atoms. The Morgan fingerprint density at radius 3 is 2.56 bits per heavy atom. The van der Waals surface area contributed by atoms with Crippen LogP contribution in [0.2, 0.25) is 0 Å². The molecule has 2 aliphatic heterocycles. The number of methoxy groups -OCH3 is 1. The van der Waals surface area contributed by atoms with Gasteiger partial charge in [-0.3, -0.25) is 9.59 Å². The first kappa shape index (κ1) is 18.4. The van der Waals surface area contributed by atoms with Crippen molar-refractivity contribution in [1.82, 2.24) is 9.80 Å². The molecule has 25 heavy (non-hydrogen) atoms. The van der Waals surface area contributed by atoms with Crippen LogP contribution >= 0.6 is 15.9 Å². The molecule has 0 aliphatic carbocycles. The fourth-order valence-electron chi connectivity index (χ4n) is 3.78. The summed E-state index contributed by atoms with van der Waals surface area (Å²) in [5.74, 6) is 0.465. The zero-order chi connectivity index (χ0) is 18.0. The van der Waals surface area contributed by atoms with Gasteiger partial charge in [0.25, 0.3) is 5.91 Å². The van der Waals surface area contributed by atoms with E-state index in [0.29, 0.717) is 24.6 Å². The summed E-state index contributed by atoms with van der Waals surface area (Å²) < 4.78 is 6.46. The molecule has 0 N–H and O–H groups in total. The van der Waals surface area contributed by atoms with Crippen LogP contribution in [0.15, 0.2) is 28.7 Å². The van der Waals surface area contributed by atoms with Crippen molar-refractivity contribution in [3.05, 3.63) is 34.3 Å². The van der Waals surface area contributed by atoms with Crippen LogP contribution in [-0.2, 0) is 9.53 Å². The molecule has 2 amide bonds. The molecule has 2 aliphatic rings. The van der Waals surface area contributed by atoms with E-state index in [-0.39, 0.29) is 24.0 Å². The second-order valence-corrected chi connectivity index (χ2v) is 7.90. The van der Waals surface area contributed by atoms with Crippen LogP contribution in [0.5, 0.6) is 0 Å². The summed E-state index contributed by atoms with van der Waals surface area (Å²) in [7, 11) is 1.70. The molecule has 0 radical (unpaired) electrons. The lowest BCUT2D eigenvalue weighted by Gasteiger charge is -2.38. The number of carbonyl (C=O) groups excluding carboxylic acids is 2. The van der Waals surface area contributed by atoms with Crippen LogP contribution in [0, 0.1) is 5.92 Å². The number of hydrogen-bond donors (Lipinski definition) is 0. The number of amides is 2. The topological polar surface area (TPSA) is 49.9 Å². The molecular weight excluding hydrogens is 384 g/mol. The Morgan fingerprint density at radius 2 is 1.88 bits per heavy atom. The lowest BCUT2D eigenvalue weighted by Crippen LogP contribution is -2.53. The number of benzene rings is 1. The minimum Gasteiger partial charge on any atom is -0.379 e. The molecule has 2 heterocycles. The molecule has 0 saturated carbocycles. The number of rotatable bonds is 3. The van der Waals surface area contributed by atoms with E-state index >= 15 is 0 Å². The van der Waals surface area contributed by atoms with Gasteiger partial charge < -0.3 is 14.5 Å². The van der Waals surface area contributed by atoms with Gasteiger partial charge in [0, 0.05) is 36.8 Å². The van der Waals surface area contributed by atoms with E-state index < -0.39 is 0 Å². The summed E-state index contributed by atoms with van der Waals surface area (Å²) in [6.45, 7) is 4.17. The third kappa shape index (κ3) is 3.90. The summed E-state index contributed by atoms with van der Waals surface area (Å²) in [6, 6.07) is 6.97. The minimum atomic E-state index is -0.345. The van der Waals surface area contributed by atoms with Crippen LogP contribution in [0.4, 0.5) is 0 Å². The van der Waals surface area contributed by atoms with Crippen molar-refractivity contribution in [2.75, 3.05) is 26.7 Å². The Bertz CT molecular complexity index is 634. The number of likely N-dealkylation sites (tertiary alicyclic amines) is 2. The first-order valence-electron chi connectivity index (χ1n) is 8.89. The normalized spacial score (nSPS) is 26.8. The molecular formula is C19H25BrN2O3. The van der Waals surface area contributed by atoms with Crippen LogP contribution in [-0.4, -0.2) is 60.5 Å². The number of carbonyl (C=O) groups is 2. The molecule has 3 rings (SSSR count). The van der Waals surface area contributed by atoms with Crippen molar-refractivity contribution in [3.8, 4) is 0 Å². The SMILES string of the molecule is CO[C@@H]1CN(C(=O)[C@H]2CCCN2C(=O)c2ccc(Br)cc2)CC[C@H]1C. The number of piperidine rings is 1. The highest BCUT2D eigenvalue weighted by molar-refractivity contribution is 9.10. The van der Waals surface area contributed by atoms with Gasteiger partial charge in [0.15, 0.2) is 0 Å². The molecule has 136 valence electrons. The summed E-state index contributed by atoms with van der Waals surface area (Å²) in [6.07, 6.45) is 2.63. The Morgan fingerprint density at radius 1 is 1.16 bits per heavy atom. The average molecular weight is 409 g/mol. The maximum Gasteiger partial charge on any atom is 0.254 e. The Hall–Kier alpha value is -1.40. The van der Waals surface area contributed by atoms with Gasteiger partial charge in [-0.1, -0.05) is 22.9 Å². The predicted octanol–water partition coefficient (Wildman–Crippen LogP) is 2.94. The number of ether oxygens (including phenoxy) is 1. The van der Waals surface area contributed by atoms with E-state index in [2.05, 4.69) is 22.9 Å². The maximum absolute atomic E-state index is 13.0. The second kappa shape index (κ2) is 7.87. The largest absolute Gasteiger partial charge is 0.379 e. The standard InChI is InChI=1S/C19H25BrN2O3/c1-13-9-11-21(12-17(13)25-2)19(24)16-4-3-10-22(16)18(23)14-5-7-15(20)8-6-14/h5-8,13,16-17H,3-4,9-12H2,1-2H3/t13-,16-,17-/m1/s1. The molecule has 0 bridgehead atoms. The molecule has 5 nitrogen and oxygen atoms in total. The lowest BCUT2D eigenvalue weighted by atomic mass is 9.95. The Balaban J connectivity index is 1.71. The predicted molar refractivity (Wildman–Crippen MR) is 99.4 cm³/mol. The Kier molecular flexibility index (Phi) is 5.79. The summed E-state index contributed by atoms with van der Waals surface area (Å²) in [5, 5.41) is 0. The molecule has 2 saturated heterocycles. The third-order valence-corrected chi connectivity index (χ3v) is 5.92. The van der Waals surface area contributed by atoms with Gasteiger partial charge in [0.2, 0.25) is 5.91 Å². The first-order valence-corrected chi connectivity index (χ1v) is 9.68. The van der Waals surface area contributed by atoms with Gasteiger partial charge >= 0.3 is 0 Å². The van der Waals surface area contributed by atoms with Crippen LogP contribution in [0.3, 0.4) is 0 Å². The highest BCUT2D eigenvalue weighted by atomic mass is 79.9. The van der Waals surface area contributed by atoms with Crippen molar-refractivity contribution < 1.29 is 14.3 Å². The van der Waals surface area contributed by atoms with Gasteiger partial charge in [0.1, 0.15) is 6.04 Å². The third-order valence-electron chi connectivity index (χ3n) is 5.39. The zero-order valence-corrected chi connectivity index (χ0v) is 16.4. The lowest BCUT2D eigenvalue weighted by molar-refractivity contribution is -0.140. The van der Waals surface area contributed by atoms with Crippen LogP contribution in [0.25, 0.3) is 0 Å². The summed E-state index contributed by atoms with van der Waals surface area (Å²) in [5.41, 5.74) is 0.630. The molecule has 0 aromatic heterocycles. The van der Waals surface area contributed by atoms with Gasteiger partial charge in [-0.05, 0) is 49.4 Å². The average Bonchev–Trinajstić information content (AvgIpc) is 3.11. The summed E-state index contributed by atoms with van der Waals surface area (Å²) >= 11 is 3.38. The summed E-state index contributed by atoms with van der Waals surface area (Å²) in [4.78, 5) is 29.5. The number of halogens is 1. The van der Waals surface area contributed by atoms with Gasteiger partial charge in [-0.15, -0.1) is 0 Å². The number of nitrogens with zero attached hydrogens (tertiary/aromatic N) is 2. The number of hydrogen-bond acceptors (Lipinski definition) is 3. The molecule has 3 atom stereocenters. The fraction of sp³-hybridized carbons (Fsp3) is 0.579. The van der Waals surface area contributed by atoms with Crippen molar-refractivity contribution >= 4 is 27.7 Å². The smallest absolute Gasteiger partial charge is 0.254 e. The van der Waals surface area contributed by atoms with Gasteiger partial charge in [0.05, 0.1) is 6.10 Å². The van der Waals surface area contributed by atoms with Crippen LogP contribution in [0.1, 0.15) is 36.5 Å². The van der Waals surface area contributed by atoms with Gasteiger partial charge in [-0.25, -0.2) is 0 Å². The molecule has 6 heteroatoms. The minimum absolute atomic E-state index is 0.0583. The van der Waals surface area contributed by atoms with Gasteiger partial charge in [-0.2, -0.15) is 0 Å².